The number of benzene rings is 1. The van der Waals surface area contributed by atoms with Crippen LogP contribution in [0.4, 0.5) is 0 Å². The van der Waals surface area contributed by atoms with E-state index in [1.807, 2.05) is 22.9 Å². The van der Waals surface area contributed by atoms with Crippen LogP contribution in [0.5, 0.6) is 0 Å². The minimum atomic E-state index is 0.0130. The maximum atomic E-state index is 12.5. The number of amides is 1. The molecule has 1 unspecified atom stereocenters. The number of tetrazole rings is 1. The SMILES string of the molecule is CCN(CC)C(CNC(=O)CSc1nnnn1C1CCCC1)c1ccccc1. The Balaban J connectivity index is 1.54. The molecular weight excluding hydrogens is 372 g/mol. The number of carbonyl (C=O) groups is 1. The average Bonchev–Trinajstić information content (AvgIpc) is 3.41. The van der Waals surface area contributed by atoms with Gasteiger partial charge in [-0.05, 0) is 41.9 Å². The summed E-state index contributed by atoms with van der Waals surface area (Å²) in [5.74, 6) is 0.339. The number of nitrogens with zero attached hydrogens (tertiary/aromatic N) is 5. The predicted octanol–water partition coefficient (Wildman–Crippen LogP) is 3.08. The van der Waals surface area contributed by atoms with Gasteiger partial charge in [0.15, 0.2) is 0 Å². The second kappa shape index (κ2) is 10.6. The standard InChI is InChI=1S/C20H30N6OS/c1-3-25(4-2)18(16-10-6-5-7-11-16)14-21-19(27)15-28-20-22-23-24-26(20)17-12-8-9-13-17/h5-7,10-11,17-18H,3-4,8-9,12-15H2,1-2H3,(H,21,27). The fraction of sp³-hybridized carbons (Fsp3) is 0.600. The number of hydrogen-bond donors (Lipinski definition) is 1. The molecule has 8 heteroatoms. The quantitative estimate of drug-likeness (QED) is 0.616. The Morgan fingerprint density at radius 3 is 2.64 bits per heavy atom. The molecule has 1 aromatic carbocycles. The minimum Gasteiger partial charge on any atom is -0.353 e. The van der Waals surface area contributed by atoms with Crippen molar-refractivity contribution >= 4 is 17.7 Å². The largest absolute Gasteiger partial charge is 0.353 e. The van der Waals surface area contributed by atoms with E-state index >= 15 is 0 Å². The molecule has 7 nitrogen and oxygen atoms in total. The monoisotopic (exact) mass is 402 g/mol. The first-order valence-electron chi connectivity index (χ1n) is 10.2. The topological polar surface area (TPSA) is 75.9 Å². The number of thioether (sulfide) groups is 1. The highest BCUT2D eigenvalue weighted by atomic mass is 32.2. The van der Waals surface area contributed by atoms with Crippen molar-refractivity contribution in [3.8, 4) is 0 Å². The Morgan fingerprint density at radius 1 is 1.25 bits per heavy atom. The lowest BCUT2D eigenvalue weighted by Gasteiger charge is -2.30. The lowest BCUT2D eigenvalue weighted by atomic mass is 10.1. The summed E-state index contributed by atoms with van der Waals surface area (Å²) >= 11 is 1.42. The van der Waals surface area contributed by atoms with Crippen molar-refractivity contribution in [3.63, 3.8) is 0 Å². The van der Waals surface area contributed by atoms with E-state index in [0.717, 1.165) is 31.1 Å². The van der Waals surface area contributed by atoms with Gasteiger partial charge in [0, 0.05) is 6.54 Å². The van der Waals surface area contributed by atoms with Crippen LogP contribution in [0.25, 0.3) is 0 Å². The highest BCUT2D eigenvalue weighted by Gasteiger charge is 2.23. The van der Waals surface area contributed by atoms with Crippen LogP contribution in [0.2, 0.25) is 0 Å². The molecule has 1 fully saturated rings. The minimum absolute atomic E-state index is 0.0130. The van der Waals surface area contributed by atoms with Crippen LogP contribution in [0.15, 0.2) is 35.5 Å². The van der Waals surface area contributed by atoms with Gasteiger partial charge in [-0.2, -0.15) is 0 Å². The summed E-state index contributed by atoms with van der Waals surface area (Å²) in [5.41, 5.74) is 1.23. The predicted molar refractivity (Wildman–Crippen MR) is 111 cm³/mol. The Bertz CT molecular complexity index is 727. The Labute approximate surface area is 171 Å². The van der Waals surface area contributed by atoms with Crippen molar-refractivity contribution in [2.24, 2.45) is 0 Å². The third-order valence-electron chi connectivity index (χ3n) is 5.40. The molecule has 152 valence electrons. The second-order valence-electron chi connectivity index (χ2n) is 7.08. The Kier molecular flexibility index (Phi) is 7.85. The molecular formula is C20H30N6OS. The molecule has 28 heavy (non-hydrogen) atoms. The molecule has 1 heterocycles. The van der Waals surface area contributed by atoms with E-state index in [1.54, 1.807) is 0 Å². The molecule has 1 aliphatic carbocycles. The summed E-state index contributed by atoms with van der Waals surface area (Å²) in [7, 11) is 0. The zero-order chi connectivity index (χ0) is 19.8. The fourth-order valence-corrected chi connectivity index (χ4v) is 4.62. The van der Waals surface area contributed by atoms with Gasteiger partial charge in [0.05, 0.1) is 17.8 Å². The molecule has 3 rings (SSSR count). The molecule has 1 atom stereocenters. The van der Waals surface area contributed by atoms with Gasteiger partial charge in [-0.25, -0.2) is 4.68 Å². The number of nitrogens with one attached hydrogen (secondary N) is 1. The van der Waals surface area contributed by atoms with Crippen LogP contribution in [0.3, 0.4) is 0 Å². The molecule has 1 N–H and O–H groups in total. The van der Waals surface area contributed by atoms with E-state index in [4.69, 9.17) is 0 Å². The van der Waals surface area contributed by atoms with Crippen molar-refractivity contribution in [2.75, 3.05) is 25.4 Å². The molecule has 2 aromatic rings. The normalized spacial score (nSPS) is 15.8. The third-order valence-corrected chi connectivity index (χ3v) is 6.33. The van der Waals surface area contributed by atoms with Gasteiger partial charge >= 0.3 is 0 Å². The van der Waals surface area contributed by atoms with Crippen LogP contribution in [0, 0.1) is 0 Å². The lowest BCUT2D eigenvalue weighted by molar-refractivity contribution is -0.118. The number of aromatic nitrogens is 4. The first kappa shape index (κ1) is 20.8. The van der Waals surface area contributed by atoms with E-state index < -0.39 is 0 Å². The Hall–Kier alpha value is -1.93. The van der Waals surface area contributed by atoms with Gasteiger partial charge in [0.1, 0.15) is 0 Å². The molecule has 0 bridgehead atoms. The molecule has 1 amide bonds. The summed E-state index contributed by atoms with van der Waals surface area (Å²) < 4.78 is 1.90. The maximum absolute atomic E-state index is 12.5. The summed E-state index contributed by atoms with van der Waals surface area (Å²) in [4.78, 5) is 14.8. The molecule has 1 saturated carbocycles. The summed E-state index contributed by atoms with van der Waals surface area (Å²) in [5, 5.41) is 15.9. The Morgan fingerprint density at radius 2 is 1.96 bits per heavy atom. The van der Waals surface area contributed by atoms with Crippen LogP contribution >= 0.6 is 11.8 Å². The average molecular weight is 403 g/mol. The smallest absolute Gasteiger partial charge is 0.230 e. The van der Waals surface area contributed by atoms with Crippen LogP contribution < -0.4 is 5.32 Å². The van der Waals surface area contributed by atoms with Crippen LogP contribution in [0.1, 0.15) is 57.2 Å². The summed E-state index contributed by atoms with van der Waals surface area (Å²) in [6, 6.07) is 10.9. The van der Waals surface area contributed by atoms with Gasteiger partial charge in [0.2, 0.25) is 11.1 Å². The highest BCUT2D eigenvalue weighted by molar-refractivity contribution is 7.99. The lowest BCUT2D eigenvalue weighted by Crippen LogP contribution is -2.38. The van der Waals surface area contributed by atoms with Crippen LogP contribution in [-0.4, -0.2) is 56.4 Å². The molecule has 0 radical (unpaired) electrons. The third kappa shape index (κ3) is 5.32. The van der Waals surface area contributed by atoms with E-state index in [-0.39, 0.29) is 11.9 Å². The van der Waals surface area contributed by atoms with Gasteiger partial charge in [-0.3, -0.25) is 9.69 Å². The summed E-state index contributed by atoms with van der Waals surface area (Å²) in [6.45, 7) is 6.78. The van der Waals surface area contributed by atoms with Gasteiger partial charge in [-0.1, -0.05) is 68.8 Å². The maximum Gasteiger partial charge on any atom is 0.230 e. The first-order valence-corrected chi connectivity index (χ1v) is 11.2. The fourth-order valence-electron chi connectivity index (χ4n) is 3.85. The van der Waals surface area contributed by atoms with E-state index in [0.29, 0.717) is 18.3 Å². The molecule has 1 aromatic heterocycles. The number of carbonyl (C=O) groups excluding carboxylic acids is 1. The van der Waals surface area contributed by atoms with Crippen molar-refractivity contribution in [1.29, 1.82) is 0 Å². The number of rotatable bonds is 10. The van der Waals surface area contributed by atoms with E-state index in [2.05, 4.69) is 51.7 Å². The number of hydrogen-bond acceptors (Lipinski definition) is 6. The van der Waals surface area contributed by atoms with Crippen molar-refractivity contribution in [3.05, 3.63) is 35.9 Å². The second-order valence-corrected chi connectivity index (χ2v) is 8.03. The molecule has 0 saturated heterocycles. The zero-order valence-electron chi connectivity index (χ0n) is 16.8. The summed E-state index contributed by atoms with van der Waals surface area (Å²) in [6.07, 6.45) is 4.68. The van der Waals surface area contributed by atoms with E-state index in [1.165, 1.54) is 30.2 Å². The highest BCUT2D eigenvalue weighted by Crippen LogP contribution is 2.31. The molecule has 0 aliphatic heterocycles. The van der Waals surface area contributed by atoms with Gasteiger partial charge in [-0.15, -0.1) is 5.10 Å². The van der Waals surface area contributed by atoms with Crippen molar-refractivity contribution in [1.82, 2.24) is 30.4 Å². The zero-order valence-corrected chi connectivity index (χ0v) is 17.6. The van der Waals surface area contributed by atoms with Crippen LogP contribution in [-0.2, 0) is 4.79 Å². The number of likely N-dealkylation sites (N-methyl/N-ethyl adjacent to an activating group) is 1. The first-order chi connectivity index (χ1) is 13.7. The molecule has 1 aliphatic rings. The van der Waals surface area contributed by atoms with Crippen molar-refractivity contribution < 1.29 is 4.79 Å². The van der Waals surface area contributed by atoms with Gasteiger partial charge in [0.25, 0.3) is 0 Å². The van der Waals surface area contributed by atoms with E-state index in [9.17, 15) is 4.79 Å². The molecule has 0 spiro atoms. The van der Waals surface area contributed by atoms with Crippen molar-refractivity contribution in [2.45, 2.75) is 56.8 Å². The van der Waals surface area contributed by atoms with Gasteiger partial charge < -0.3 is 5.32 Å².